The van der Waals surface area contributed by atoms with Crippen LogP contribution in [-0.2, 0) is 9.53 Å². The van der Waals surface area contributed by atoms with Crippen molar-refractivity contribution in [1.29, 1.82) is 0 Å². The lowest BCUT2D eigenvalue weighted by molar-refractivity contribution is -0.141. The van der Waals surface area contributed by atoms with Crippen LogP contribution in [0.2, 0.25) is 0 Å². The molecule has 0 heterocycles. The van der Waals surface area contributed by atoms with E-state index in [-0.39, 0.29) is 12.8 Å². The zero-order valence-corrected chi connectivity index (χ0v) is 10.3. The minimum atomic E-state index is -0.947. The highest BCUT2D eigenvalue weighted by atomic mass is 16.6. The fourth-order valence-corrected chi connectivity index (χ4v) is 1.83. The average molecular weight is 245 g/mol. The van der Waals surface area contributed by atoms with Gasteiger partial charge in [0.1, 0.15) is 5.60 Å². The molecule has 3 atom stereocenters. The topological polar surface area (TPSA) is 95.9 Å². The fraction of sp³-hybridized carbons (Fsp3) is 0.818. The van der Waals surface area contributed by atoms with Crippen LogP contribution in [0.1, 0.15) is 33.6 Å². The molecule has 1 aliphatic rings. The van der Waals surface area contributed by atoms with Crippen LogP contribution in [-0.4, -0.2) is 40.0 Å². The smallest absolute Gasteiger partial charge is 0.407 e. The number of amides is 1. The van der Waals surface area contributed by atoms with Crippen LogP contribution in [0.3, 0.4) is 0 Å². The van der Waals surface area contributed by atoms with Gasteiger partial charge in [-0.1, -0.05) is 0 Å². The zero-order valence-electron chi connectivity index (χ0n) is 10.3. The number of ether oxygens (including phenoxy) is 1. The number of carbonyl (C=O) groups excluding carboxylic acids is 1. The molecule has 1 fully saturated rings. The van der Waals surface area contributed by atoms with Crippen LogP contribution in [0.25, 0.3) is 0 Å². The second-order valence-corrected chi connectivity index (χ2v) is 5.33. The van der Waals surface area contributed by atoms with Crippen molar-refractivity contribution in [2.24, 2.45) is 5.92 Å². The van der Waals surface area contributed by atoms with Gasteiger partial charge in [-0.05, 0) is 33.6 Å². The zero-order chi connectivity index (χ0) is 13.2. The highest BCUT2D eigenvalue weighted by molar-refractivity contribution is 5.72. The molecule has 6 heteroatoms. The molecule has 1 rings (SSSR count). The number of carboxylic acid groups (broad SMARTS) is 1. The lowest BCUT2D eigenvalue weighted by atomic mass is 10.1. The van der Waals surface area contributed by atoms with E-state index < -0.39 is 35.7 Å². The van der Waals surface area contributed by atoms with Crippen molar-refractivity contribution in [2.45, 2.75) is 51.4 Å². The summed E-state index contributed by atoms with van der Waals surface area (Å²) in [6.07, 6.45) is -1.07. The van der Waals surface area contributed by atoms with Gasteiger partial charge in [0.05, 0.1) is 18.1 Å². The molecule has 0 spiro atoms. The summed E-state index contributed by atoms with van der Waals surface area (Å²) in [6, 6.07) is -0.550. The van der Waals surface area contributed by atoms with E-state index in [1.165, 1.54) is 0 Å². The summed E-state index contributed by atoms with van der Waals surface area (Å²) in [5.41, 5.74) is -0.611. The van der Waals surface area contributed by atoms with Gasteiger partial charge in [0.2, 0.25) is 0 Å². The number of aliphatic hydroxyl groups excluding tert-OH is 1. The Balaban J connectivity index is 2.47. The second kappa shape index (κ2) is 4.91. The Labute approximate surface area is 100.0 Å². The van der Waals surface area contributed by atoms with Crippen LogP contribution in [0.15, 0.2) is 0 Å². The Morgan fingerprint density at radius 1 is 1.29 bits per heavy atom. The van der Waals surface area contributed by atoms with Crippen molar-refractivity contribution in [2.75, 3.05) is 0 Å². The van der Waals surface area contributed by atoms with E-state index >= 15 is 0 Å². The van der Waals surface area contributed by atoms with Crippen LogP contribution in [0.4, 0.5) is 4.79 Å². The molecule has 0 aromatic carbocycles. The Hall–Kier alpha value is -1.30. The first-order valence-electron chi connectivity index (χ1n) is 5.59. The molecule has 1 unspecified atom stereocenters. The molecule has 0 bridgehead atoms. The van der Waals surface area contributed by atoms with E-state index in [1.54, 1.807) is 20.8 Å². The van der Waals surface area contributed by atoms with Crippen LogP contribution >= 0.6 is 0 Å². The maximum atomic E-state index is 11.4. The summed E-state index contributed by atoms with van der Waals surface area (Å²) in [6.45, 7) is 5.20. The molecule has 1 saturated carbocycles. The molecule has 1 amide bonds. The Bertz CT molecular complexity index is 309. The largest absolute Gasteiger partial charge is 0.481 e. The first-order chi connectivity index (χ1) is 7.69. The molecule has 1 aliphatic carbocycles. The number of aliphatic carboxylic acids is 1. The maximum Gasteiger partial charge on any atom is 0.407 e. The standard InChI is InChI=1S/C11H19NO5/c1-11(2,3)17-10(16)12-7-4-6(9(14)15)5-8(7)13/h6-8,13H,4-5H2,1-3H3,(H,12,16)(H,14,15)/t6?,7-,8-/m1/s1. The normalized spacial score (nSPS) is 28.8. The summed E-state index contributed by atoms with van der Waals surface area (Å²) >= 11 is 0. The average Bonchev–Trinajstić information content (AvgIpc) is 2.44. The third kappa shape index (κ3) is 4.22. The van der Waals surface area contributed by atoms with Gasteiger partial charge in [0, 0.05) is 0 Å². The molecule has 0 radical (unpaired) electrons. The van der Waals surface area contributed by atoms with E-state index in [0.29, 0.717) is 0 Å². The van der Waals surface area contributed by atoms with Crippen LogP contribution < -0.4 is 5.32 Å². The summed E-state index contributed by atoms with van der Waals surface area (Å²) < 4.78 is 5.04. The van der Waals surface area contributed by atoms with Crippen LogP contribution in [0.5, 0.6) is 0 Å². The molecule has 98 valence electrons. The van der Waals surface area contributed by atoms with Crippen molar-refractivity contribution in [1.82, 2.24) is 5.32 Å². The summed E-state index contributed by atoms with van der Waals surface area (Å²) in [5, 5.41) is 20.9. The molecule has 0 aromatic heterocycles. The van der Waals surface area contributed by atoms with E-state index in [2.05, 4.69) is 5.32 Å². The minimum Gasteiger partial charge on any atom is -0.481 e. The first kappa shape index (κ1) is 13.8. The molecule has 0 aliphatic heterocycles. The second-order valence-electron chi connectivity index (χ2n) is 5.33. The van der Waals surface area contributed by atoms with Crippen LogP contribution in [0, 0.1) is 5.92 Å². The van der Waals surface area contributed by atoms with Gasteiger partial charge in [0.25, 0.3) is 0 Å². The number of carbonyl (C=O) groups is 2. The summed E-state index contributed by atoms with van der Waals surface area (Å²) in [5.74, 6) is -1.55. The Morgan fingerprint density at radius 3 is 2.29 bits per heavy atom. The van der Waals surface area contributed by atoms with Crippen molar-refractivity contribution in [3.05, 3.63) is 0 Å². The SMILES string of the molecule is CC(C)(C)OC(=O)N[C@@H]1CC(C(=O)O)C[C@H]1O. The van der Waals surface area contributed by atoms with Gasteiger partial charge in [0.15, 0.2) is 0 Å². The molecule has 0 saturated heterocycles. The van der Waals surface area contributed by atoms with Crippen molar-refractivity contribution >= 4 is 12.1 Å². The lowest BCUT2D eigenvalue weighted by Crippen LogP contribution is -2.42. The fourth-order valence-electron chi connectivity index (χ4n) is 1.83. The maximum absolute atomic E-state index is 11.4. The molecular formula is C11H19NO5. The number of rotatable bonds is 2. The van der Waals surface area contributed by atoms with Gasteiger partial charge in [-0.15, -0.1) is 0 Å². The molecular weight excluding hydrogens is 226 g/mol. The third-order valence-electron chi connectivity index (χ3n) is 2.58. The molecule has 0 aromatic rings. The summed E-state index contributed by atoms with van der Waals surface area (Å²) in [7, 11) is 0. The predicted molar refractivity (Wildman–Crippen MR) is 59.5 cm³/mol. The highest BCUT2D eigenvalue weighted by Gasteiger charge is 2.38. The molecule has 6 nitrogen and oxygen atoms in total. The first-order valence-corrected chi connectivity index (χ1v) is 5.59. The monoisotopic (exact) mass is 245 g/mol. The quantitative estimate of drug-likeness (QED) is 0.666. The van der Waals surface area contributed by atoms with Crippen molar-refractivity contribution in [3.8, 4) is 0 Å². The van der Waals surface area contributed by atoms with Crippen molar-refractivity contribution in [3.63, 3.8) is 0 Å². The van der Waals surface area contributed by atoms with Gasteiger partial charge in [-0.3, -0.25) is 4.79 Å². The van der Waals surface area contributed by atoms with Gasteiger partial charge >= 0.3 is 12.1 Å². The van der Waals surface area contributed by atoms with E-state index in [1.807, 2.05) is 0 Å². The number of alkyl carbamates (subject to hydrolysis) is 1. The Morgan fingerprint density at radius 2 is 1.88 bits per heavy atom. The predicted octanol–water partition coefficient (Wildman–Crippen LogP) is 0.735. The highest BCUT2D eigenvalue weighted by Crippen LogP contribution is 2.26. The Kier molecular flexibility index (Phi) is 3.98. The number of carboxylic acids is 1. The van der Waals surface area contributed by atoms with Gasteiger partial charge in [-0.25, -0.2) is 4.79 Å². The van der Waals surface area contributed by atoms with Crippen molar-refractivity contribution < 1.29 is 24.5 Å². The number of hydrogen-bond acceptors (Lipinski definition) is 4. The van der Waals surface area contributed by atoms with Gasteiger partial charge in [-0.2, -0.15) is 0 Å². The van der Waals surface area contributed by atoms with E-state index in [9.17, 15) is 14.7 Å². The number of aliphatic hydroxyl groups is 1. The van der Waals surface area contributed by atoms with Gasteiger partial charge < -0.3 is 20.3 Å². The number of nitrogens with one attached hydrogen (secondary N) is 1. The number of hydrogen-bond donors (Lipinski definition) is 3. The molecule has 3 N–H and O–H groups in total. The van der Waals surface area contributed by atoms with E-state index in [4.69, 9.17) is 9.84 Å². The summed E-state index contributed by atoms with van der Waals surface area (Å²) in [4.78, 5) is 22.2. The minimum absolute atomic E-state index is 0.162. The third-order valence-corrected chi connectivity index (χ3v) is 2.58. The lowest BCUT2D eigenvalue weighted by Gasteiger charge is -2.22. The molecule has 17 heavy (non-hydrogen) atoms. The van der Waals surface area contributed by atoms with E-state index in [0.717, 1.165) is 0 Å².